The molecular weight excluding hydrogens is 577 g/mol. The molecule has 9 aromatic carbocycles. The zero-order valence-corrected chi connectivity index (χ0v) is 26.5. The van der Waals surface area contributed by atoms with Crippen LogP contribution in [0.5, 0.6) is 0 Å². The largest absolute Gasteiger partial charge is 0.0622 e. The summed E-state index contributed by atoms with van der Waals surface area (Å²) in [5.41, 5.74) is 12.3. The predicted octanol–water partition coefficient (Wildman–Crippen LogP) is 13.5. The Labute approximate surface area is 281 Å². The lowest BCUT2D eigenvalue weighted by Gasteiger charge is -2.21. The highest BCUT2D eigenvalue weighted by Gasteiger charge is 2.20. The van der Waals surface area contributed by atoms with Gasteiger partial charge in [-0.15, -0.1) is 0 Å². The predicted molar refractivity (Wildman–Crippen MR) is 206 cm³/mol. The van der Waals surface area contributed by atoms with Crippen molar-refractivity contribution in [3.63, 3.8) is 0 Å². The van der Waals surface area contributed by atoms with Crippen molar-refractivity contribution in [1.82, 2.24) is 0 Å². The highest BCUT2D eigenvalue weighted by molar-refractivity contribution is 6.22. The topological polar surface area (TPSA) is 0 Å². The highest BCUT2D eigenvalue weighted by Crippen LogP contribution is 2.47. The third kappa shape index (κ3) is 4.87. The molecule has 224 valence electrons. The van der Waals surface area contributed by atoms with Crippen molar-refractivity contribution in [2.45, 2.75) is 0 Å². The molecule has 9 aromatic rings. The Morgan fingerprint density at radius 3 is 1.38 bits per heavy atom. The number of hydrogen-bond acceptors (Lipinski definition) is 0. The van der Waals surface area contributed by atoms with Crippen molar-refractivity contribution >= 4 is 32.3 Å². The zero-order chi connectivity index (χ0) is 31.9. The van der Waals surface area contributed by atoms with Crippen LogP contribution in [0.3, 0.4) is 0 Å². The minimum Gasteiger partial charge on any atom is -0.0622 e. The Morgan fingerprint density at radius 2 is 0.688 bits per heavy atom. The summed E-state index contributed by atoms with van der Waals surface area (Å²) in [6, 6.07) is 70.8. The Hall–Kier alpha value is -6.24. The van der Waals surface area contributed by atoms with Crippen LogP contribution >= 0.6 is 0 Å². The molecule has 0 heterocycles. The summed E-state index contributed by atoms with van der Waals surface area (Å²) in [7, 11) is 0. The van der Waals surface area contributed by atoms with E-state index < -0.39 is 0 Å². The van der Waals surface area contributed by atoms with E-state index in [4.69, 9.17) is 0 Å². The molecule has 0 saturated heterocycles. The Balaban J connectivity index is 1.34. The van der Waals surface area contributed by atoms with Gasteiger partial charge in [0.05, 0.1) is 0 Å². The molecule has 0 aliphatic heterocycles. The summed E-state index contributed by atoms with van der Waals surface area (Å²) in [5, 5.41) is 7.53. The van der Waals surface area contributed by atoms with Gasteiger partial charge in [-0.2, -0.15) is 0 Å². The molecule has 0 nitrogen and oxygen atoms in total. The van der Waals surface area contributed by atoms with E-state index in [1.165, 1.54) is 88.0 Å². The van der Waals surface area contributed by atoms with Crippen LogP contribution in [0.25, 0.3) is 88.0 Å². The van der Waals surface area contributed by atoms with Gasteiger partial charge in [-0.25, -0.2) is 0 Å². The van der Waals surface area contributed by atoms with Gasteiger partial charge in [0.25, 0.3) is 0 Å². The van der Waals surface area contributed by atoms with Crippen LogP contribution in [-0.2, 0) is 0 Å². The average molecular weight is 609 g/mol. The number of fused-ring (bicyclic) bond motifs is 3. The minimum atomic E-state index is 1.21. The molecule has 0 aromatic heterocycles. The summed E-state index contributed by atoms with van der Waals surface area (Å²) < 4.78 is 0. The molecule has 9 rings (SSSR count). The van der Waals surface area contributed by atoms with Crippen molar-refractivity contribution in [3.8, 4) is 55.6 Å². The average Bonchev–Trinajstić information content (AvgIpc) is 3.17. The van der Waals surface area contributed by atoms with E-state index in [9.17, 15) is 0 Å². The maximum absolute atomic E-state index is 2.41. The van der Waals surface area contributed by atoms with E-state index in [2.05, 4.69) is 194 Å². The van der Waals surface area contributed by atoms with E-state index in [0.717, 1.165) is 0 Å². The molecule has 0 unspecified atom stereocenters. The van der Waals surface area contributed by atoms with Gasteiger partial charge in [-0.05, 0) is 106 Å². The van der Waals surface area contributed by atoms with Crippen molar-refractivity contribution in [2.24, 2.45) is 0 Å². The van der Waals surface area contributed by atoms with Crippen LogP contribution in [0.2, 0.25) is 0 Å². The van der Waals surface area contributed by atoms with Gasteiger partial charge in [0.15, 0.2) is 0 Å². The van der Waals surface area contributed by atoms with Crippen molar-refractivity contribution in [2.75, 3.05) is 0 Å². The lowest BCUT2D eigenvalue weighted by atomic mass is 9.82. The van der Waals surface area contributed by atoms with Gasteiger partial charge < -0.3 is 0 Å². The van der Waals surface area contributed by atoms with E-state index in [-0.39, 0.29) is 0 Å². The van der Waals surface area contributed by atoms with Gasteiger partial charge in [0, 0.05) is 0 Å². The second-order valence-corrected chi connectivity index (χ2v) is 12.5. The Bertz CT molecular complexity index is 2540. The van der Waals surface area contributed by atoms with Crippen LogP contribution in [0.4, 0.5) is 0 Å². The molecule has 0 saturated carbocycles. The molecule has 0 amide bonds. The molecule has 0 aliphatic carbocycles. The third-order valence-corrected chi connectivity index (χ3v) is 9.65. The molecule has 48 heavy (non-hydrogen) atoms. The van der Waals surface area contributed by atoms with Gasteiger partial charge in [0.1, 0.15) is 0 Å². The third-order valence-electron chi connectivity index (χ3n) is 9.65. The smallest absolute Gasteiger partial charge is 0.00199 e. The second kappa shape index (κ2) is 11.8. The first-order valence-corrected chi connectivity index (χ1v) is 16.6. The normalized spacial score (nSPS) is 11.3. The molecule has 0 bridgehead atoms. The van der Waals surface area contributed by atoms with Gasteiger partial charge in [0.2, 0.25) is 0 Å². The number of rotatable bonds is 5. The number of benzene rings is 9. The van der Waals surface area contributed by atoms with Crippen LogP contribution in [-0.4, -0.2) is 0 Å². The minimum absolute atomic E-state index is 1.21. The van der Waals surface area contributed by atoms with Gasteiger partial charge >= 0.3 is 0 Å². The Kier molecular flexibility index (Phi) is 6.91. The maximum Gasteiger partial charge on any atom is -0.00199 e. The van der Waals surface area contributed by atoms with E-state index >= 15 is 0 Å². The second-order valence-electron chi connectivity index (χ2n) is 12.5. The monoisotopic (exact) mass is 608 g/mol. The highest BCUT2D eigenvalue weighted by atomic mass is 14.2. The fourth-order valence-corrected chi connectivity index (χ4v) is 7.38. The quantitative estimate of drug-likeness (QED) is 0.171. The summed E-state index contributed by atoms with van der Waals surface area (Å²) in [4.78, 5) is 0. The maximum atomic E-state index is 2.41. The first kappa shape index (κ1) is 28.0. The van der Waals surface area contributed by atoms with Crippen LogP contribution in [0.15, 0.2) is 194 Å². The molecule has 0 heteroatoms. The number of hydrogen-bond donors (Lipinski definition) is 0. The van der Waals surface area contributed by atoms with E-state index in [1.54, 1.807) is 0 Å². The lowest BCUT2D eigenvalue weighted by molar-refractivity contribution is 1.59. The first-order chi connectivity index (χ1) is 23.8. The fourth-order valence-electron chi connectivity index (χ4n) is 7.38. The van der Waals surface area contributed by atoms with Crippen LogP contribution < -0.4 is 0 Å². The van der Waals surface area contributed by atoms with Crippen molar-refractivity contribution in [1.29, 1.82) is 0 Å². The molecule has 0 aliphatic rings. The lowest BCUT2D eigenvalue weighted by Crippen LogP contribution is -1.94. The summed E-state index contributed by atoms with van der Waals surface area (Å²) in [5.74, 6) is 0. The molecule has 0 fully saturated rings. The van der Waals surface area contributed by atoms with Crippen molar-refractivity contribution < 1.29 is 0 Å². The zero-order valence-electron chi connectivity index (χ0n) is 26.5. The van der Waals surface area contributed by atoms with Crippen LogP contribution in [0, 0.1) is 0 Å². The van der Waals surface area contributed by atoms with E-state index in [1.807, 2.05) is 0 Å². The van der Waals surface area contributed by atoms with E-state index in [0.29, 0.717) is 0 Å². The van der Waals surface area contributed by atoms with Gasteiger partial charge in [-0.3, -0.25) is 0 Å². The fraction of sp³-hybridized carbons (Fsp3) is 0. The SMILES string of the molecule is c1ccc(-c2cccc(-c3c4ccccc4c(-c4cc(-c5ccc6ccccc6c5)ccc4-c4ccccc4)c4ccccc34)c2)cc1. The Morgan fingerprint density at radius 1 is 0.208 bits per heavy atom. The molecule has 0 radical (unpaired) electrons. The molecule has 0 atom stereocenters. The van der Waals surface area contributed by atoms with Gasteiger partial charge in [-0.1, -0.05) is 176 Å². The summed E-state index contributed by atoms with van der Waals surface area (Å²) >= 11 is 0. The van der Waals surface area contributed by atoms with Crippen molar-refractivity contribution in [3.05, 3.63) is 194 Å². The summed E-state index contributed by atoms with van der Waals surface area (Å²) in [6.07, 6.45) is 0. The van der Waals surface area contributed by atoms with Crippen LogP contribution in [0.1, 0.15) is 0 Å². The summed E-state index contributed by atoms with van der Waals surface area (Å²) in [6.45, 7) is 0. The first-order valence-electron chi connectivity index (χ1n) is 16.6. The molecule has 0 N–H and O–H groups in total. The molecule has 0 spiro atoms. The molecular formula is C48H32. The standard InChI is InChI=1S/C48H32/c1-3-14-33(15-4-1)37-20-13-21-40(31-37)47-42-22-9-11-24-44(42)48(45-25-12-10-23-43(45)47)46-32-39(28-29-41(46)35-17-5-2-6-18-35)38-27-26-34-16-7-8-19-36(34)30-38/h1-32H.